The molecule has 0 N–H and O–H groups in total. The molecule has 1 unspecified atom stereocenters. The molecular formula is C19H22N2. The van der Waals surface area contributed by atoms with Crippen LogP contribution >= 0.6 is 0 Å². The first-order chi connectivity index (χ1) is 10.4. The molecule has 1 atom stereocenters. The van der Waals surface area contributed by atoms with E-state index in [2.05, 4.69) is 64.4 Å². The van der Waals surface area contributed by atoms with E-state index in [4.69, 9.17) is 0 Å². The molecule has 2 aliphatic rings. The summed E-state index contributed by atoms with van der Waals surface area (Å²) in [5, 5.41) is 0. The molecule has 0 spiro atoms. The van der Waals surface area contributed by atoms with Crippen LogP contribution in [0.5, 0.6) is 0 Å². The number of hydrogen-bond donors (Lipinski definition) is 0. The standard InChI is InChI=1S/C19H22N2/c1-2-6-16(7-3-1)12-20-11-10-19(15-20)21-13-17-8-4-5-9-18(17)14-21/h1-9,19H,10-15H2. The van der Waals surface area contributed by atoms with Gasteiger partial charge in [-0.2, -0.15) is 0 Å². The predicted molar refractivity (Wildman–Crippen MR) is 85.8 cm³/mol. The van der Waals surface area contributed by atoms with Gasteiger partial charge < -0.3 is 0 Å². The van der Waals surface area contributed by atoms with E-state index >= 15 is 0 Å². The van der Waals surface area contributed by atoms with E-state index in [1.807, 2.05) is 0 Å². The Morgan fingerprint density at radius 1 is 0.857 bits per heavy atom. The molecule has 0 radical (unpaired) electrons. The van der Waals surface area contributed by atoms with Crippen molar-refractivity contribution in [2.75, 3.05) is 13.1 Å². The van der Waals surface area contributed by atoms with E-state index < -0.39 is 0 Å². The summed E-state index contributed by atoms with van der Waals surface area (Å²) in [6.45, 7) is 5.81. The van der Waals surface area contributed by atoms with Crippen molar-refractivity contribution in [3.05, 3.63) is 71.3 Å². The Labute approximate surface area is 127 Å². The molecule has 0 aliphatic carbocycles. The van der Waals surface area contributed by atoms with E-state index in [-0.39, 0.29) is 0 Å². The van der Waals surface area contributed by atoms with Gasteiger partial charge in [0.15, 0.2) is 0 Å². The summed E-state index contributed by atoms with van der Waals surface area (Å²) in [5.74, 6) is 0. The lowest BCUT2D eigenvalue weighted by molar-refractivity contribution is 0.193. The molecular weight excluding hydrogens is 256 g/mol. The first-order valence-electron chi connectivity index (χ1n) is 7.95. The molecule has 1 saturated heterocycles. The zero-order chi connectivity index (χ0) is 14.1. The van der Waals surface area contributed by atoms with Gasteiger partial charge in [-0.05, 0) is 23.1 Å². The number of benzene rings is 2. The normalized spacial score (nSPS) is 22.6. The fourth-order valence-electron chi connectivity index (χ4n) is 3.71. The van der Waals surface area contributed by atoms with Gasteiger partial charge in [0.25, 0.3) is 0 Å². The second kappa shape index (κ2) is 5.63. The summed E-state index contributed by atoms with van der Waals surface area (Å²) < 4.78 is 0. The summed E-state index contributed by atoms with van der Waals surface area (Å²) in [5.41, 5.74) is 4.49. The van der Waals surface area contributed by atoms with Crippen LogP contribution < -0.4 is 0 Å². The summed E-state index contributed by atoms with van der Waals surface area (Å²) in [4.78, 5) is 5.26. The fraction of sp³-hybridized carbons (Fsp3) is 0.368. The predicted octanol–water partition coefficient (Wildman–Crippen LogP) is 3.28. The molecule has 108 valence electrons. The van der Waals surface area contributed by atoms with Crippen LogP contribution in [0.4, 0.5) is 0 Å². The second-order valence-corrected chi connectivity index (χ2v) is 6.34. The molecule has 0 aromatic heterocycles. The Bertz CT molecular complexity index is 583. The van der Waals surface area contributed by atoms with Gasteiger partial charge in [-0.15, -0.1) is 0 Å². The monoisotopic (exact) mass is 278 g/mol. The summed E-state index contributed by atoms with van der Waals surface area (Å²) in [6.07, 6.45) is 1.31. The van der Waals surface area contributed by atoms with Crippen LogP contribution in [0, 0.1) is 0 Å². The summed E-state index contributed by atoms with van der Waals surface area (Å²) in [7, 11) is 0. The molecule has 2 aromatic rings. The average molecular weight is 278 g/mol. The van der Waals surface area contributed by atoms with Crippen molar-refractivity contribution in [3.63, 3.8) is 0 Å². The maximum atomic E-state index is 2.66. The van der Waals surface area contributed by atoms with Crippen molar-refractivity contribution >= 4 is 0 Å². The van der Waals surface area contributed by atoms with E-state index in [0.29, 0.717) is 0 Å². The SMILES string of the molecule is c1ccc(CN2CCC(N3Cc4ccccc4C3)C2)cc1. The van der Waals surface area contributed by atoms with E-state index in [1.165, 1.54) is 36.2 Å². The van der Waals surface area contributed by atoms with Gasteiger partial charge in [-0.1, -0.05) is 54.6 Å². The average Bonchev–Trinajstić information content (AvgIpc) is 3.14. The second-order valence-electron chi connectivity index (χ2n) is 6.34. The van der Waals surface area contributed by atoms with Crippen LogP contribution in [-0.2, 0) is 19.6 Å². The van der Waals surface area contributed by atoms with Crippen molar-refractivity contribution in [1.29, 1.82) is 0 Å². The van der Waals surface area contributed by atoms with Crippen LogP contribution in [0.15, 0.2) is 54.6 Å². The van der Waals surface area contributed by atoms with E-state index in [0.717, 1.165) is 25.7 Å². The van der Waals surface area contributed by atoms with Gasteiger partial charge in [0, 0.05) is 38.8 Å². The smallest absolute Gasteiger partial charge is 0.0244 e. The first kappa shape index (κ1) is 13.1. The number of likely N-dealkylation sites (tertiary alicyclic amines) is 1. The molecule has 1 fully saturated rings. The molecule has 2 heteroatoms. The Morgan fingerprint density at radius 2 is 1.52 bits per heavy atom. The lowest BCUT2D eigenvalue weighted by Gasteiger charge is -2.24. The highest BCUT2D eigenvalue weighted by Crippen LogP contribution is 2.28. The number of rotatable bonds is 3. The third kappa shape index (κ3) is 2.74. The molecule has 0 saturated carbocycles. The minimum atomic E-state index is 0.723. The zero-order valence-corrected chi connectivity index (χ0v) is 12.4. The van der Waals surface area contributed by atoms with Crippen LogP contribution in [0.2, 0.25) is 0 Å². The maximum Gasteiger partial charge on any atom is 0.0244 e. The number of nitrogens with zero attached hydrogens (tertiary/aromatic N) is 2. The minimum Gasteiger partial charge on any atom is -0.297 e. The summed E-state index contributed by atoms with van der Waals surface area (Å²) >= 11 is 0. The molecule has 2 heterocycles. The number of hydrogen-bond acceptors (Lipinski definition) is 2. The minimum absolute atomic E-state index is 0.723. The maximum absolute atomic E-state index is 2.66. The van der Waals surface area contributed by atoms with Gasteiger partial charge in [0.1, 0.15) is 0 Å². The molecule has 2 aromatic carbocycles. The molecule has 21 heavy (non-hydrogen) atoms. The third-order valence-electron chi connectivity index (χ3n) is 4.88. The van der Waals surface area contributed by atoms with Crippen molar-refractivity contribution in [3.8, 4) is 0 Å². The third-order valence-corrected chi connectivity index (χ3v) is 4.88. The van der Waals surface area contributed by atoms with Crippen molar-refractivity contribution < 1.29 is 0 Å². The van der Waals surface area contributed by atoms with Crippen molar-refractivity contribution in [2.24, 2.45) is 0 Å². The molecule has 4 rings (SSSR count). The van der Waals surface area contributed by atoms with Gasteiger partial charge in [0.05, 0.1) is 0 Å². The quantitative estimate of drug-likeness (QED) is 0.850. The lowest BCUT2D eigenvalue weighted by atomic mass is 10.1. The molecule has 0 amide bonds. The van der Waals surface area contributed by atoms with Crippen LogP contribution in [0.3, 0.4) is 0 Å². The Morgan fingerprint density at radius 3 is 2.24 bits per heavy atom. The fourth-order valence-corrected chi connectivity index (χ4v) is 3.71. The van der Waals surface area contributed by atoms with Gasteiger partial charge in [-0.25, -0.2) is 0 Å². The highest BCUT2D eigenvalue weighted by Gasteiger charge is 2.30. The Balaban J connectivity index is 1.37. The van der Waals surface area contributed by atoms with Gasteiger partial charge in [0.2, 0.25) is 0 Å². The van der Waals surface area contributed by atoms with Crippen LogP contribution in [-0.4, -0.2) is 28.9 Å². The Hall–Kier alpha value is -1.64. The first-order valence-corrected chi connectivity index (χ1v) is 7.95. The van der Waals surface area contributed by atoms with Crippen LogP contribution in [0.25, 0.3) is 0 Å². The summed E-state index contributed by atoms with van der Waals surface area (Å²) in [6, 6.07) is 20.5. The highest BCUT2D eigenvalue weighted by molar-refractivity contribution is 5.30. The number of fused-ring (bicyclic) bond motifs is 1. The lowest BCUT2D eigenvalue weighted by Crippen LogP contribution is -2.33. The highest BCUT2D eigenvalue weighted by atomic mass is 15.3. The Kier molecular flexibility index (Phi) is 3.50. The largest absolute Gasteiger partial charge is 0.297 e. The topological polar surface area (TPSA) is 6.48 Å². The van der Waals surface area contributed by atoms with Gasteiger partial charge in [-0.3, -0.25) is 9.80 Å². The van der Waals surface area contributed by atoms with E-state index in [9.17, 15) is 0 Å². The molecule has 0 bridgehead atoms. The van der Waals surface area contributed by atoms with Crippen LogP contribution in [0.1, 0.15) is 23.1 Å². The molecule has 2 nitrogen and oxygen atoms in total. The van der Waals surface area contributed by atoms with Gasteiger partial charge >= 0.3 is 0 Å². The zero-order valence-electron chi connectivity index (χ0n) is 12.4. The van der Waals surface area contributed by atoms with Crippen molar-refractivity contribution in [1.82, 2.24) is 9.80 Å². The van der Waals surface area contributed by atoms with Crippen molar-refractivity contribution in [2.45, 2.75) is 32.1 Å². The van der Waals surface area contributed by atoms with E-state index in [1.54, 1.807) is 0 Å². The molecule has 2 aliphatic heterocycles.